The number of benzene rings is 1. The first-order valence-electron chi connectivity index (χ1n) is 5.49. The molecule has 4 heteroatoms. The summed E-state index contributed by atoms with van der Waals surface area (Å²) in [5.74, 6) is -0.291. The summed E-state index contributed by atoms with van der Waals surface area (Å²) in [6.07, 6.45) is 0.376. The predicted molar refractivity (Wildman–Crippen MR) is 68.8 cm³/mol. The highest BCUT2D eigenvalue weighted by Crippen LogP contribution is 2.18. The molecule has 0 aliphatic heterocycles. The van der Waals surface area contributed by atoms with Gasteiger partial charge in [-0.25, -0.2) is 0 Å². The summed E-state index contributed by atoms with van der Waals surface area (Å²) in [4.78, 5) is 22.0. The molecule has 1 aromatic rings. The van der Waals surface area contributed by atoms with Crippen LogP contribution in [0.2, 0.25) is 0 Å². The Morgan fingerprint density at radius 1 is 1.24 bits per heavy atom. The minimum absolute atomic E-state index is 0.0532. The quantitative estimate of drug-likeness (QED) is 0.845. The van der Waals surface area contributed by atoms with Gasteiger partial charge in [0.05, 0.1) is 0 Å². The maximum Gasteiger partial charge on any atom is 0.303 e. The lowest BCUT2D eigenvalue weighted by atomic mass is 10.1. The lowest BCUT2D eigenvalue weighted by Gasteiger charge is -2.06. The fourth-order valence-electron chi connectivity index (χ4n) is 1.45. The highest BCUT2D eigenvalue weighted by atomic mass is 32.2. The van der Waals surface area contributed by atoms with Crippen LogP contribution in [0.15, 0.2) is 30.3 Å². The summed E-state index contributed by atoms with van der Waals surface area (Å²) in [7, 11) is 0. The molecule has 0 aromatic heterocycles. The number of hydrogen-bond donors (Lipinski definition) is 1. The second kappa shape index (κ2) is 7.12. The van der Waals surface area contributed by atoms with Crippen LogP contribution in [0.3, 0.4) is 0 Å². The van der Waals surface area contributed by atoms with Crippen LogP contribution < -0.4 is 0 Å². The van der Waals surface area contributed by atoms with Crippen molar-refractivity contribution in [3.8, 4) is 0 Å². The Morgan fingerprint density at radius 2 is 1.88 bits per heavy atom. The number of carboxylic acids is 1. The molecule has 0 bridgehead atoms. The zero-order chi connectivity index (χ0) is 12.7. The third-order valence-electron chi connectivity index (χ3n) is 2.28. The van der Waals surface area contributed by atoms with Crippen molar-refractivity contribution in [3.05, 3.63) is 35.9 Å². The number of carboxylic acid groups (broad SMARTS) is 1. The van der Waals surface area contributed by atoms with Gasteiger partial charge in [-0.1, -0.05) is 49.0 Å². The zero-order valence-corrected chi connectivity index (χ0v) is 10.6. The van der Waals surface area contributed by atoms with Crippen LogP contribution in [0, 0.1) is 5.92 Å². The standard InChI is InChI=1S/C13H16O3S/c1-10(7-12(14)15)8-13(16)17-9-11-5-3-2-4-6-11/h2-6,10H,7-9H2,1H3,(H,14,15)/t10-/m0/s1. The first-order chi connectivity index (χ1) is 8.08. The van der Waals surface area contributed by atoms with Crippen LogP contribution in [0.5, 0.6) is 0 Å². The normalized spacial score (nSPS) is 12.1. The Hall–Kier alpha value is -1.29. The summed E-state index contributed by atoms with van der Waals surface area (Å²) < 4.78 is 0. The van der Waals surface area contributed by atoms with E-state index in [1.54, 1.807) is 6.92 Å². The van der Waals surface area contributed by atoms with Gasteiger partial charge < -0.3 is 5.11 Å². The minimum atomic E-state index is -0.849. The minimum Gasteiger partial charge on any atom is -0.481 e. The Balaban J connectivity index is 2.28. The molecule has 0 aliphatic carbocycles. The summed E-state index contributed by atoms with van der Waals surface area (Å²) in [6, 6.07) is 9.76. The largest absolute Gasteiger partial charge is 0.481 e. The van der Waals surface area contributed by atoms with Gasteiger partial charge in [0, 0.05) is 18.6 Å². The molecule has 1 rings (SSSR count). The van der Waals surface area contributed by atoms with E-state index >= 15 is 0 Å². The van der Waals surface area contributed by atoms with Gasteiger partial charge in [0.2, 0.25) is 0 Å². The van der Waals surface area contributed by atoms with Crippen molar-refractivity contribution in [2.75, 3.05) is 0 Å². The average Bonchev–Trinajstić information content (AvgIpc) is 2.26. The monoisotopic (exact) mass is 252 g/mol. The Kier molecular flexibility index (Phi) is 5.77. The topological polar surface area (TPSA) is 54.4 Å². The van der Waals surface area contributed by atoms with E-state index in [-0.39, 0.29) is 17.5 Å². The number of carbonyl (C=O) groups is 2. The van der Waals surface area contributed by atoms with Crippen LogP contribution in [0.4, 0.5) is 0 Å². The van der Waals surface area contributed by atoms with E-state index in [0.29, 0.717) is 12.2 Å². The number of aliphatic carboxylic acids is 1. The van der Waals surface area contributed by atoms with E-state index in [1.165, 1.54) is 11.8 Å². The van der Waals surface area contributed by atoms with Crippen molar-refractivity contribution >= 4 is 22.8 Å². The average molecular weight is 252 g/mol. The molecule has 1 atom stereocenters. The smallest absolute Gasteiger partial charge is 0.303 e. The van der Waals surface area contributed by atoms with E-state index in [9.17, 15) is 9.59 Å². The van der Waals surface area contributed by atoms with Gasteiger partial charge in [-0.15, -0.1) is 0 Å². The summed E-state index contributed by atoms with van der Waals surface area (Å²) >= 11 is 1.25. The molecule has 3 nitrogen and oxygen atoms in total. The van der Waals surface area contributed by atoms with E-state index < -0.39 is 5.97 Å². The molecule has 1 aromatic carbocycles. The van der Waals surface area contributed by atoms with E-state index in [1.807, 2.05) is 30.3 Å². The number of thioether (sulfide) groups is 1. The molecule has 0 saturated heterocycles. The second-order valence-corrected chi connectivity index (χ2v) is 5.09. The van der Waals surface area contributed by atoms with E-state index in [4.69, 9.17) is 5.11 Å². The van der Waals surface area contributed by atoms with Gasteiger partial charge in [0.15, 0.2) is 5.12 Å². The van der Waals surface area contributed by atoms with Crippen LogP contribution in [-0.2, 0) is 15.3 Å². The van der Waals surface area contributed by atoms with Crippen molar-refractivity contribution in [2.45, 2.75) is 25.5 Å². The molecule has 0 spiro atoms. The molecular weight excluding hydrogens is 236 g/mol. The lowest BCUT2D eigenvalue weighted by molar-refractivity contribution is -0.138. The predicted octanol–water partition coefficient (Wildman–Crippen LogP) is 2.95. The van der Waals surface area contributed by atoms with E-state index in [2.05, 4.69) is 0 Å². The number of hydrogen-bond acceptors (Lipinski definition) is 3. The Labute approximate surface area is 105 Å². The first kappa shape index (κ1) is 13.8. The van der Waals surface area contributed by atoms with Crippen molar-refractivity contribution < 1.29 is 14.7 Å². The lowest BCUT2D eigenvalue weighted by Crippen LogP contribution is -2.08. The highest BCUT2D eigenvalue weighted by molar-refractivity contribution is 8.12. The SMILES string of the molecule is C[C@@H](CC(=O)O)CC(=O)SCc1ccccc1. The van der Waals surface area contributed by atoms with Crippen LogP contribution in [0.25, 0.3) is 0 Å². The van der Waals surface area contributed by atoms with Crippen molar-refractivity contribution in [2.24, 2.45) is 5.92 Å². The third kappa shape index (κ3) is 6.12. The molecule has 0 heterocycles. The van der Waals surface area contributed by atoms with Gasteiger partial charge in [-0.3, -0.25) is 9.59 Å². The van der Waals surface area contributed by atoms with Crippen LogP contribution in [-0.4, -0.2) is 16.2 Å². The second-order valence-electron chi connectivity index (χ2n) is 4.05. The fourth-order valence-corrected chi connectivity index (χ4v) is 2.37. The van der Waals surface area contributed by atoms with Gasteiger partial charge in [0.1, 0.15) is 0 Å². The number of carbonyl (C=O) groups excluding carboxylic acids is 1. The van der Waals surface area contributed by atoms with E-state index in [0.717, 1.165) is 5.56 Å². The fraction of sp³-hybridized carbons (Fsp3) is 0.385. The molecule has 0 saturated carbocycles. The van der Waals surface area contributed by atoms with Gasteiger partial charge in [0.25, 0.3) is 0 Å². The molecule has 1 N–H and O–H groups in total. The van der Waals surface area contributed by atoms with Crippen molar-refractivity contribution in [1.82, 2.24) is 0 Å². The molecule has 0 amide bonds. The zero-order valence-electron chi connectivity index (χ0n) is 9.76. The highest BCUT2D eigenvalue weighted by Gasteiger charge is 2.12. The van der Waals surface area contributed by atoms with Crippen molar-refractivity contribution in [1.29, 1.82) is 0 Å². The Bertz CT molecular complexity index is 376. The van der Waals surface area contributed by atoms with Gasteiger partial charge >= 0.3 is 5.97 Å². The van der Waals surface area contributed by atoms with Crippen LogP contribution >= 0.6 is 11.8 Å². The molecule has 0 unspecified atom stereocenters. The Morgan fingerprint density at radius 3 is 2.47 bits per heavy atom. The van der Waals surface area contributed by atoms with Gasteiger partial charge in [-0.05, 0) is 11.5 Å². The van der Waals surface area contributed by atoms with Gasteiger partial charge in [-0.2, -0.15) is 0 Å². The number of rotatable bonds is 6. The molecule has 0 aliphatic rings. The maximum atomic E-state index is 11.6. The van der Waals surface area contributed by atoms with Crippen molar-refractivity contribution in [3.63, 3.8) is 0 Å². The first-order valence-corrected chi connectivity index (χ1v) is 6.48. The van der Waals surface area contributed by atoms with Crippen LogP contribution in [0.1, 0.15) is 25.3 Å². The molecule has 17 heavy (non-hydrogen) atoms. The summed E-state index contributed by atoms with van der Waals surface area (Å²) in [5.41, 5.74) is 1.11. The molecular formula is C13H16O3S. The molecule has 92 valence electrons. The maximum absolute atomic E-state index is 11.6. The summed E-state index contributed by atoms with van der Waals surface area (Å²) in [5, 5.41) is 8.64. The third-order valence-corrected chi connectivity index (χ3v) is 3.25. The molecule has 0 radical (unpaired) electrons. The molecule has 0 fully saturated rings. The summed E-state index contributed by atoms with van der Waals surface area (Å²) in [6.45, 7) is 1.79.